The molecule has 29 heteroatoms. The van der Waals surface area contributed by atoms with Crippen LogP contribution in [0.5, 0.6) is 0 Å². The van der Waals surface area contributed by atoms with Gasteiger partial charge in [0.05, 0.1) is 26.9 Å². The van der Waals surface area contributed by atoms with Crippen LogP contribution in [0.4, 0.5) is 46.0 Å². The lowest BCUT2D eigenvalue weighted by atomic mass is 10.1. The van der Waals surface area contributed by atoms with Crippen LogP contribution in [0.2, 0.25) is 5.28 Å². The SMILES string of the molecule is CC(=O)Nc1cc(Nc2nc(Cl)nc(Nc3cc(S(=O)(=O)O)ccc3S(=O)(=O)O)n2)ccc1N=Nc1ccc(/C=C/c2ccc([N+](=O)[O-])cc2S(=O)(=O)O)c(S(=O)(=O)O)c1. The number of carbonyl (C=O) groups is 1. The molecule has 1 heterocycles. The number of azo groups is 1. The van der Waals surface area contributed by atoms with Gasteiger partial charge in [0.2, 0.25) is 23.1 Å². The van der Waals surface area contributed by atoms with Crippen molar-refractivity contribution in [3.63, 3.8) is 0 Å². The van der Waals surface area contributed by atoms with Crippen molar-refractivity contribution in [1.29, 1.82) is 0 Å². The Hall–Kier alpha value is -6.37. The summed E-state index contributed by atoms with van der Waals surface area (Å²) in [6.07, 6.45) is 2.08. The van der Waals surface area contributed by atoms with Crippen molar-refractivity contribution in [2.24, 2.45) is 10.2 Å². The minimum absolute atomic E-state index is 0.00321. The van der Waals surface area contributed by atoms with Crippen molar-refractivity contribution < 1.29 is 61.6 Å². The van der Waals surface area contributed by atoms with E-state index in [1.54, 1.807) is 0 Å². The summed E-state index contributed by atoms with van der Waals surface area (Å²) in [5.74, 6) is -1.34. The Kier molecular flexibility index (Phi) is 12.7. The van der Waals surface area contributed by atoms with E-state index in [1.165, 1.54) is 31.2 Å². The van der Waals surface area contributed by atoms with E-state index in [0.717, 1.165) is 42.5 Å². The van der Waals surface area contributed by atoms with E-state index in [2.05, 4.69) is 41.1 Å². The minimum Gasteiger partial charge on any atom is -0.324 e. The van der Waals surface area contributed by atoms with Crippen LogP contribution in [0.25, 0.3) is 12.2 Å². The zero-order valence-electron chi connectivity index (χ0n) is 29.6. The lowest BCUT2D eigenvalue weighted by Crippen LogP contribution is -2.09. The number of aromatic nitrogens is 3. The highest BCUT2D eigenvalue weighted by molar-refractivity contribution is 7.86. The van der Waals surface area contributed by atoms with Crippen LogP contribution in [0.15, 0.2) is 103 Å². The second-order valence-electron chi connectivity index (χ2n) is 11.7. The summed E-state index contributed by atoms with van der Waals surface area (Å²) in [6.45, 7) is 1.17. The quantitative estimate of drug-likeness (QED) is 0.0239. The summed E-state index contributed by atoms with van der Waals surface area (Å²) >= 11 is 6.03. The summed E-state index contributed by atoms with van der Waals surface area (Å²) in [4.78, 5) is 30.9. The van der Waals surface area contributed by atoms with Gasteiger partial charge in [0.15, 0.2) is 0 Å². The number of amides is 1. The lowest BCUT2D eigenvalue weighted by Gasteiger charge is -2.13. The number of halogens is 1. The van der Waals surface area contributed by atoms with Gasteiger partial charge in [-0.2, -0.15) is 53.7 Å². The van der Waals surface area contributed by atoms with Gasteiger partial charge in [-0.25, -0.2) is 0 Å². The summed E-state index contributed by atoms with van der Waals surface area (Å²) in [6, 6.07) is 12.0. The van der Waals surface area contributed by atoms with E-state index >= 15 is 0 Å². The van der Waals surface area contributed by atoms with E-state index in [1.807, 2.05) is 0 Å². The summed E-state index contributed by atoms with van der Waals surface area (Å²) < 4.78 is 134. The van der Waals surface area contributed by atoms with Gasteiger partial charge in [-0.1, -0.05) is 18.2 Å². The number of hydrogen-bond donors (Lipinski definition) is 7. The van der Waals surface area contributed by atoms with Gasteiger partial charge in [0.25, 0.3) is 46.2 Å². The number of hydrogen-bond acceptors (Lipinski definition) is 18. The minimum atomic E-state index is -4.98. The fourth-order valence-corrected chi connectivity index (χ4v) is 7.63. The monoisotopic (exact) mass is 925 g/mol. The van der Waals surface area contributed by atoms with Gasteiger partial charge in [-0.05, 0) is 77.3 Å². The molecule has 4 aromatic carbocycles. The molecule has 1 aromatic heterocycles. The van der Waals surface area contributed by atoms with Gasteiger partial charge in [-0.15, -0.1) is 5.11 Å². The summed E-state index contributed by atoms with van der Waals surface area (Å²) in [5, 5.41) is 26.3. The second-order valence-corrected chi connectivity index (χ2v) is 17.6. The zero-order chi connectivity index (χ0) is 44.4. The number of nitrogens with zero attached hydrogens (tertiary/aromatic N) is 6. The van der Waals surface area contributed by atoms with Gasteiger partial charge in [0.1, 0.15) is 20.4 Å². The highest BCUT2D eigenvalue weighted by Crippen LogP contribution is 2.34. The molecule has 0 aliphatic heterocycles. The molecule has 60 heavy (non-hydrogen) atoms. The molecular weight excluding hydrogens is 902 g/mol. The van der Waals surface area contributed by atoms with Crippen molar-refractivity contribution in [1.82, 2.24) is 15.0 Å². The maximum atomic E-state index is 12.3. The van der Waals surface area contributed by atoms with Crippen LogP contribution in [-0.2, 0) is 45.3 Å². The third kappa shape index (κ3) is 11.4. The number of benzene rings is 4. The van der Waals surface area contributed by atoms with E-state index < -0.39 is 93.5 Å². The number of nitro benzene ring substituents is 1. The molecule has 5 aromatic rings. The van der Waals surface area contributed by atoms with E-state index in [9.17, 15) is 66.8 Å². The van der Waals surface area contributed by atoms with Crippen LogP contribution in [0, 0.1) is 10.1 Å². The Balaban J connectivity index is 1.44. The van der Waals surface area contributed by atoms with Crippen LogP contribution in [0.1, 0.15) is 18.1 Å². The molecule has 0 saturated carbocycles. The Morgan fingerprint density at radius 1 is 0.683 bits per heavy atom. The van der Waals surface area contributed by atoms with Crippen LogP contribution in [0.3, 0.4) is 0 Å². The fourth-order valence-electron chi connectivity index (χ4n) is 4.93. The molecule has 24 nitrogen and oxygen atoms in total. The largest absolute Gasteiger partial charge is 0.324 e. The van der Waals surface area contributed by atoms with Crippen LogP contribution in [-0.4, -0.2) is 77.7 Å². The average molecular weight is 926 g/mol. The summed E-state index contributed by atoms with van der Waals surface area (Å²) in [7, 11) is -19.7. The van der Waals surface area contributed by atoms with Crippen LogP contribution >= 0.6 is 11.6 Å². The molecule has 0 bridgehead atoms. The Labute approximate surface area is 343 Å². The molecular formula is C31H24ClN9O15S4. The first kappa shape index (κ1) is 44.7. The van der Waals surface area contributed by atoms with Gasteiger partial charge in [0, 0.05) is 24.7 Å². The first-order valence-corrected chi connectivity index (χ1v) is 21.9. The fraction of sp³-hybridized carbons (Fsp3) is 0.0323. The number of nitro groups is 1. The van der Waals surface area contributed by atoms with Crippen molar-refractivity contribution in [2.45, 2.75) is 26.5 Å². The molecule has 7 N–H and O–H groups in total. The number of carbonyl (C=O) groups excluding carboxylic acids is 1. The molecule has 314 valence electrons. The molecule has 0 fully saturated rings. The van der Waals surface area contributed by atoms with Gasteiger partial charge < -0.3 is 16.0 Å². The second kappa shape index (κ2) is 17.1. The Bertz CT molecular complexity index is 3110. The zero-order valence-corrected chi connectivity index (χ0v) is 33.6. The number of non-ortho nitro benzene ring substituents is 1. The Morgan fingerprint density at radius 3 is 1.83 bits per heavy atom. The van der Waals surface area contributed by atoms with E-state index in [4.69, 9.17) is 11.6 Å². The molecule has 0 radical (unpaired) electrons. The highest BCUT2D eigenvalue weighted by Gasteiger charge is 2.22. The summed E-state index contributed by atoms with van der Waals surface area (Å²) in [5.41, 5.74) is -1.66. The first-order valence-electron chi connectivity index (χ1n) is 15.7. The Morgan fingerprint density at radius 2 is 1.27 bits per heavy atom. The highest BCUT2D eigenvalue weighted by atomic mass is 35.5. The topological polar surface area (TPSA) is 377 Å². The number of nitrogens with one attached hydrogen (secondary N) is 3. The number of anilines is 5. The molecule has 0 saturated heterocycles. The molecule has 0 atom stereocenters. The van der Waals surface area contributed by atoms with Crippen molar-refractivity contribution in [3.05, 3.63) is 99.3 Å². The van der Waals surface area contributed by atoms with Crippen molar-refractivity contribution in [3.8, 4) is 0 Å². The lowest BCUT2D eigenvalue weighted by molar-refractivity contribution is -0.385. The molecule has 0 aliphatic rings. The molecule has 0 aliphatic carbocycles. The van der Waals surface area contributed by atoms with Crippen LogP contribution < -0.4 is 16.0 Å². The van der Waals surface area contributed by atoms with Crippen molar-refractivity contribution >= 4 is 116 Å². The first-order chi connectivity index (χ1) is 27.8. The maximum absolute atomic E-state index is 12.3. The third-order valence-corrected chi connectivity index (χ3v) is 11.2. The number of rotatable bonds is 14. The predicted molar refractivity (Wildman–Crippen MR) is 210 cm³/mol. The van der Waals surface area contributed by atoms with Gasteiger partial charge >= 0.3 is 0 Å². The molecule has 5 rings (SSSR count). The third-order valence-electron chi connectivity index (χ3n) is 7.42. The predicted octanol–water partition coefficient (Wildman–Crippen LogP) is 5.45. The molecule has 0 spiro atoms. The molecule has 0 unspecified atom stereocenters. The van der Waals surface area contributed by atoms with Crippen molar-refractivity contribution in [2.75, 3.05) is 16.0 Å². The normalized spacial score (nSPS) is 12.4. The average Bonchev–Trinajstić information content (AvgIpc) is 3.11. The van der Waals surface area contributed by atoms with E-state index in [-0.39, 0.29) is 39.8 Å². The van der Waals surface area contributed by atoms with Gasteiger partial charge in [-0.3, -0.25) is 33.1 Å². The van der Waals surface area contributed by atoms with E-state index in [0.29, 0.717) is 18.2 Å². The standard InChI is InChI=1S/C31H24ClN9O15S4/c1-16(42)33-24-12-19(34-30-36-29(32)37-31(38-30)35-25-15-22(57(45,46)47)9-11-26(25)58(48,49)50)7-10-23(24)40-39-20-6-4-17(27(13-20)59(51,52)53)2-3-18-5-8-21(41(43)44)14-28(18)60(54,55)56/h2-15H,1H3,(H,33,42)(H,45,46,47)(H,48,49,50)(H,51,52,53)(H,54,55,56)(H2,34,35,36,37,38)/b3-2+,40-39?. The molecule has 1 amide bonds. The maximum Gasteiger partial charge on any atom is 0.296 e. The smallest absolute Gasteiger partial charge is 0.296 e.